The van der Waals surface area contributed by atoms with Crippen molar-refractivity contribution in [2.24, 2.45) is 0 Å². The minimum atomic E-state index is -3.40. The Hall–Kier alpha value is -0.460. The molecule has 0 aliphatic heterocycles. The second kappa shape index (κ2) is 4.37. The lowest BCUT2D eigenvalue weighted by molar-refractivity contribution is 0.306. The predicted octanol–water partition coefficient (Wildman–Crippen LogP) is 1.63. The third-order valence-electron chi connectivity index (χ3n) is 1.56. The summed E-state index contributed by atoms with van der Waals surface area (Å²) in [5, 5.41) is 0. The SMILES string of the molecule is Cc1cc(Br)cnc1COS(C)(=O)=O. The zero-order valence-corrected chi connectivity index (χ0v) is 10.2. The van der Waals surface area contributed by atoms with Crippen molar-refractivity contribution in [3.63, 3.8) is 0 Å². The molecule has 1 aromatic rings. The second-order valence-electron chi connectivity index (χ2n) is 2.88. The van der Waals surface area contributed by atoms with Gasteiger partial charge in [-0.1, -0.05) is 0 Å². The molecule has 6 heteroatoms. The van der Waals surface area contributed by atoms with Gasteiger partial charge in [-0.15, -0.1) is 0 Å². The van der Waals surface area contributed by atoms with Crippen molar-refractivity contribution in [1.29, 1.82) is 0 Å². The number of rotatable bonds is 3. The van der Waals surface area contributed by atoms with Crippen LogP contribution >= 0.6 is 15.9 Å². The molecule has 0 fully saturated rings. The fraction of sp³-hybridized carbons (Fsp3) is 0.375. The Morgan fingerprint density at radius 3 is 2.71 bits per heavy atom. The van der Waals surface area contributed by atoms with Gasteiger partial charge in [0.15, 0.2) is 0 Å². The molecule has 0 unspecified atom stereocenters. The highest BCUT2D eigenvalue weighted by Gasteiger charge is 2.06. The summed E-state index contributed by atoms with van der Waals surface area (Å²) in [6, 6.07) is 1.86. The van der Waals surface area contributed by atoms with Crippen LogP contribution in [0.4, 0.5) is 0 Å². The summed E-state index contributed by atoms with van der Waals surface area (Å²) >= 11 is 3.27. The van der Waals surface area contributed by atoms with Gasteiger partial charge in [-0.25, -0.2) is 0 Å². The average Bonchev–Trinajstić information content (AvgIpc) is 2.00. The standard InChI is InChI=1S/C8H10BrNO3S/c1-6-3-7(9)4-10-8(6)5-13-14(2,11)12/h3-4H,5H2,1-2H3. The molecule has 0 atom stereocenters. The van der Waals surface area contributed by atoms with Gasteiger partial charge in [-0.3, -0.25) is 9.17 Å². The van der Waals surface area contributed by atoms with Crippen molar-refractivity contribution in [3.05, 3.63) is 28.0 Å². The Kier molecular flexibility index (Phi) is 3.63. The zero-order chi connectivity index (χ0) is 10.8. The van der Waals surface area contributed by atoms with Crippen LogP contribution in [0.2, 0.25) is 0 Å². The van der Waals surface area contributed by atoms with E-state index < -0.39 is 10.1 Å². The Morgan fingerprint density at radius 1 is 1.57 bits per heavy atom. The van der Waals surface area contributed by atoms with E-state index in [1.807, 2.05) is 13.0 Å². The molecule has 1 aromatic heterocycles. The van der Waals surface area contributed by atoms with Crippen molar-refractivity contribution >= 4 is 26.0 Å². The first kappa shape index (κ1) is 11.6. The van der Waals surface area contributed by atoms with Crippen LogP contribution in [0, 0.1) is 6.92 Å². The summed E-state index contributed by atoms with van der Waals surface area (Å²) < 4.78 is 26.9. The largest absolute Gasteiger partial charge is 0.264 e. The first-order valence-electron chi connectivity index (χ1n) is 3.84. The van der Waals surface area contributed by atoms with Gasteiger partial charge >= 0.3 is 0 Å². The molecule has 0 saturated carbocycles. The maximum absolute atomic E-state index is 10.7. The van der Waals surface area contributed by atoms with Crippen LogP contribution in [0.5, 0.6) is 0 Å². The number of nitrogens with zero attached hydrogens (tertiary/aromatic N) is 1. The Balaban J connectivity index is 2.78. The van der Waals surface area contributed by atoms with Crippen molar-refractivity contribution in [2.45, 2.75) is 13.5 Å². The highest BCUT2D eigenvalue weighted by molar-refractivity contribution is 9.10. The first-order chi connectivity index (χ1) is 6.38. The summed E-state index contributed by atoms with van der Waals surface area (Å²) in [7, 11) is -3.40. The van der Waals surface area contributed by atoms with E-state index in [9.17, 15) is 8.42 Å². The third kappa shape index (κ3) is 3.73. The van der Waals surface area contributed by atoms with Gasteiger partial charge < -0.3 is 0 Å². The van der Waals surface area contributed by atoms with E-state index in [1.54, 1.807) is 6.20 Å². The van der Waals surface area contributed by atoms with Crippen LogP contribution in [0.25, 0.3) is 0 Å². The normalized spacial score (nSPS) is 11.6. The van der Waals surface area contributed by atoms with Crippen LogP contribution in [-0.4, -0.2) is 19.7 Å². The number of halogens is 1. The fourth-order valence-electron chi connectivity index (χ4n) is 0.883. The summed E-state index contributed by atoms with van der Waals surface area (Å²) in [5.74, 6) is 0. The lowest BCUT2D eigenvalue weighted by Gasteiger charge is -2.04. The number of pyridine rings is 1. The number of aryl methyl sites for hydroxylation is 1. The molecular weight excluding hydrogens is 270 g/mol. The van der Waals surface area contributed by atoms with Gasteiger partial charge in [0.05, 0.1) is 11.9 Å². The van der Waals surface area contributed by atoms with Gasteiger partial charge in [-0.2, -0.15) is 8.42 Å². The van der Waals surface area contributed by atoms with E-state index in [0.717, 1.165) is 16.3 Å². The molecule has 0 aliphatic carbocycles. The fourth-order valence-corrected chi connectivity index (χ4v) is 1.65. The molecule has 4 nitrogen and oxygen atoms in total. The zero-order valence-electron chi connectivity index (χ0n) is 7.82. The van der Waals surface area contributed by atoms with Crippen molar-refractivity contribution in [3.8, 4) is 0 Å². The van der Waals surface area contributed by atoms with Crippen LogP contribution in [0.3, 0.4) is 0 Å². The molecule has 0 N–H and O–H groups in total. The predicted molar refractivity (Wildman–Crippen MR) is 56.3 cm³/mol. The van der Waals surface area contributed by atoms with Crippen molar-refractivity contribution in [2.75, 3.05) is 6.26 Å². The number of hydrogen-bond acceptors (Lipinski definition) is 4. The average molecular weight is 280 g/mol. The Bertz CT molecular complexity index is 430. The van der Waals surface area contributed by atoms with E-state index in [2.05, 4.69) is 25.1 Å². The first-order valence-corrected chi connectivity index (χ1v) is 6.45. The maximum atomic E-state index is 10.7. The minimum Gasteiger partial charge on any atom is -0.264 e. The summed E-state index contributed by atoms with van der Waals surface area (Å²) in [6.45, 7) is 1.83. The van der Waals surface area contributed by atoms with Crippen LogP contribution in [0.1, 0.15) is 11.3 Å². The minimum absolute atomic E-state index is 0.0159. The molecule has 0 saturated heterocycles. The van der Waals surface area contributed by atoms with Crippen LogP contribution < -0.4 is 0 Å². The molecule has 0 bridgehead atoms. The summed E-state index contributed by atoms with van der Waals surface area (Å²) in [4.78, 5) is 4.04. The van der Waals surface area contributed by atoms with Gasteiger partial charge in [0.25, 0.3) is 10.1 Å². The van der Waals surface area contributed by atoms with E-state index in [4.69, 9.17) is 0 Å². The van der Waals surface area contributed by atoms with E-state index >= 15 is 0 Å². The molecule has 0 aliphatic rings. The van der Waals surface area contributed by atoms with Crippen LogP contribution in [-0.2, 0) is 20.9 Å². The second-order valence-corrected chi connectivity index (χ2v) is 5.44. The maximum Gasteiger partial charge on any atom is 0.264 e. The molecule has 0 amide bonds. The molecule has 14 heavy (non-hydrogen) atoms. The molecule has 0 radical (unpaired) electrons. The van der Waals surface area contributed by atoms with Gasteiger partial charge in [-0.05, 0) is 34.5 Å². The Morgan fingerprint density at radius 2 is 2.21 bits per heavy atom. The van der Waals surface area contributed by atoms with Gasteiger partial charge in [0.1, 0.15) is 6.61 Å². The number of hydrogen-bond donors (Lipinski definition) is 0. The summed E-state index contributed by atoms with van der Waals surface area (Å²) in [6.07, 6.45) is 2.62. The van der Waals surface area contributed by atoms with Crippen molar-refractivity contribution < 1.29 is 12.6 Å². The quantitative estimate of drug-likeness (QED) is 0.790. The molecule has 78 valence electrons. The van der Waals surface area contributed by atoms with Gasteiger partial charge in [0, 0.05) is 10.7 Å². The molecule has 0 aromatic carbocycles. The van der Waals surface area contributed by atoms with Crippen LogP contribution in [0.15, 0.2) is 16.7 Å². The van der Waals surface area contributed by atoms with E-state index in [1.165, 1.54) is 0 Å². The lowest BCUT2D eigenvalue weighted by atomic mass is 10.2. The lowest BCUT2D eigenvalue weighted by Crippen LogP contribution is -2.05. The summed E-state index contributed by atoms with van der Waals surface area (Å²) in [5.41, 5.74) is 1.52. The highest BCUT2D eigenvalue weighted by Crippen LogP contribution is 2.13. The molecule has 1 rings (SSSR count). The molecule has 0 spiro atoms. The number of aromatic nitrogens is 1. The van der Waals surface area contributed by atoms with E-state index in [-0.39, 0.29) is 6.61 Å². The third-order valence-corrected chi connectivity index (χ3v) is 2.54. The topological polar surface area (TPSA) is 56.3 Å². The highest BCUT2D eigenvalue weighted by atomic mass is 79.9. The smallest absolute Gasteiger partial charge is 0.264 e. The van der Waals surface area contributed by atoms with Gasteiger partial charge in [0.2, 0.25) is 0 Å². The molecular formula is C8H10BrNO3S. The van der Waals surface area contributed by atoms with E-state index in [0.29, 0.717) is 5.69 Å². The Labute approximate surface area is 91.6 Å². The van der Waals surface area contributed by atoms with Crippen molar-refractivity contribution in [1.82, 2.24) is 4.98 Å². The monoisotopic (exact) mass is 279 g/mol. The molecule has 1 heterocycles.